The average Bonchev–Trinajstić information content (AvgIpc) is 2.39. The molecule has 1 aliphatic rings. The maximum Gasteiger partial charge on any atom is 0.217 e. The van der Waals surface area contributed by atoms with Crippen LogP contribution in [0.1, 0.15) is 38.3 Å². The lowest BCUT2D eigenvalue weighted by atomic mass is 10.0. The number of hydrogen-bond donors (Lipinski definition) is 2. The molecule has 1 fully saturated rings. The second kappa shape index (κ2) is 6.02. The van der Waals surface area contributed by atoms with Crippen molar-refractivity contribution >= 4 is 11.7 Å². The van der Waals surface area contributed by atoms with Crippen LogP contribution < -0.4 is 16.0 Å². The Hall–Kier alpha value is -1.62. The van der Waals surface area contributed by atoms with Gasteiger partial charge in [-0.05, 0) is 25.8 Å². The number of aromatic nitrogens is 1. The molecule has 3 N–H and O–H groups in total. The molecule has 1 atom stereocenters. The van der Waals surface area contributed by atoms with Crippen molar-refractivity contribution in [2.45, 2.75) is 38.8 Å². The molecule has 1 amide bonds. The summed E-state index contributed by atoms with van der Waals surface area (Å²) in [7, 11) is 0. The fraction of sp³-hybridized carbons (Fsp3) is 0.571. The van der Waals surface area contributed by atoms with Gasteiger partial charge in [0.25, 0.3) is 0 Å². The van der Waals surface area contributed by atoms with Gasteiger partial charge in [-0.25, -0.2) is 4.98 Å². The summed E-state index contributed by atoms with van der Waals surface area (Å²) in [5.41, 5.74) is 7.07. The quantitative estimate of drug-likeness (QED) is 0.859. The van der Waals surface area contributed by atoms with Crippen LogP contribution in [0.5, 0.6) is 0 Å². The molecule has 0 bridgehead atoms. The van der Waals surface area contributed by atoms with E-state index < -0.39 is 0 Å². The van der Waals surface area contributed by atoms with Gasteiger partial charge in [0.2, 0.25) is 5.91 Å². The summed E-state index contributed by atoms with van der Waals surface area (Å²) in [5.74, 6) is 1.03. The van der Waals surface area contributed by atoms with E-state index in [1.807, 2.05) is 19.1 Å². The first-order chi connectivity index (χ1) is 9.08. The van der Waals surface area contributed by atoms with Gasteiger partial charge >= 0.3 is 0 Å². The summed E-state index contributed by atoms with van der Waals surface area (Å²) >= 11 is 0. The van der Waals surface area contributed by atoms with Crippen LogP contribution in [0.25, 0.3) is 0 Å². The fourth-order valence-electron chi connectivity index (χ4n) is 2.55. The minimum atomic E-state index is -0.0169. The third-order valence-corrected chi connectivity index (χ3v) is 3.51. The van der Waals surface area contributed by atoms with Crippen molar-refractivity contribution in [1.82, 2.24) is 10.3 Å². The van der Waals surface area contributed by atoms with Crippen molar-refractivity contribution in [1.29, 1.82) is 0 Å². The molecule has 1 aromatic rings. The highest BCUT2D eigenvalue weighted by atomic mass is 16.1. The van der Waals surface area contributed by atoms with Crippen LogP contribution in [0.4, 0.5) is 5.82 Å². The number of piperidine rings is 1. The molecule has 2 rings (SSSR count). The zero-order chi connectivity index (χ0) is 13.8. The van der Waals surface area contributed by atoms with Gasteiger partial charge in [-0.1, -0.05) is 6.07 Å². The SMILES string of the molecule is CC(=O)NC1CCN(c2ncccc2[C@@H](C)N)CC1. The molecule has 0 saturated carbocycles. The van der Waals surface area contributed by atoms with E-state index in [4.69, 9.17) is 5.73 Å². The number of pyridine rings is 1. The third kappa shape index (κ3) is 3.44. The van der Waals surface area contributed by atoms with Crippen molar-refractivity contribution in [3.63, 3.8) is 0 Å². The van der Waals surface area contributed by atoms with Gasteiger partial charge < -0.3 is 16.0 Å². The molecule has 19 heavy (non-hydrogen) atoms. The van der Waals surface area contributed by atoms with E-state index in [1.165, 1.54) is 0 Å². The standard InChI is InChI=1S/C14H22N4O/c1-10(15)13-4-3-7-16-14(13)18-8-5-12(6-9-18)17-11(2)19/h3-4,7,10,12H,5-6,8-9,15H2,1-2H3,(H,17,19)/t10-/m1/s1. The molecule has 0 spiro atoms. The number of amides is 1. The zero-order valence-electron chi connectivity index (χ0n) is 11.6. The van der Waals surface area contributed by atoms with Crippen LogP contribution in [0.15, 0.2) is 18.3 Å². The summed E-state index contributed by atoms with van der Waals surface area (Å²) in [6.45, 7) is 5.35. The number of nitrogens with two attached hydrogens (primary N) is 1. The molecule has 1 aromatic heterocycles. The maximum atomic E-state index is 11.1. The van der Waals surface area contributed by atoms with Crippen LogP contribution in [-0.4, -0.2) is 30.0 Å². The first-order valence-corrected chi connectivity index (χ1v) is 6.80. The molecule has 0 aliphatic carbocycles. The molecule has 1 aliphatic heterocycles. The van der Waals surface area contributed by atoms with Crippen molar-refractivity contribution < 1.29 is 4.79 Å². The number of hydrogen-bond acceptors (Lipinski definition) is 4. The van der Waals surface area contributed by atoms with Gasteiger partial charge in [0.1, 0.15) is 5.82 Å². The van der Waals surface area contributed by atoms with Crippen LogP contribution in [-0.2, 0) is 4.79 Å². The van der Waals surface area contributed by atoms with Crippen LogP contribution in [0.3, 0.4) is 0 Å². The Labute approximate surface area is 114 Å². The van der Waals surface area contributed by atoms with Crippen LogP contribution >= 0.6 is 0 Å². The van der Waals surface area contributed by atoms with Crippen LogP contribution in [0, 0.1) is 0 Å². The lowest BCUT2D eigenvalue weighted by molar-refractivity contribution is -0.119. The van der Waals surface area contributed by atoms with Crippen molar-refractivity contribution in [3.05, 3.63) is 23.9 Å². The largest absolute Gasteiger partial charge is 0.356 e. The number of nitrogens with zero attached hydrogens (tertiary/aromatic N) is 2. The number of nitrogens with one attached hydrogen (secondary N) is 1. The summed E-state index contributed by atoms with van der Waals surface area (Å²) in [5, 5.41) is 2.98. The van der Waals surface area contributed by atoms with Crippen molar-refractivity contribution in [2.24, 2.45) is 5.73 Å². The molecule has 1 saturated heterocycles. The molecular formula is C14H22N4O. The van der Waals surface area contributed by atoms with Gasteiger partial charge in [-0.15, -0.1) is 0 Å². The predicted molar refractivity (Wildman–Crippen MR) is 75.9 cm³/mol. The van der Waals surface area contributed by atoms with Gasteiger partial charge in [-0.2, -0.15) is 0 Å². The molecule has 5 heteroatoms. The number of carbonyl (C=O) groups is 1. The van der Waals surface area contributed by atoms with E-state index in [2.05, 4.69) is 15.2 Å². The summed E-state index contributed by atoms with van der Waals surface area (Å²) in [6.07, 6.45) is 3.71. The smallest absolute Gasteiger partial charge is 0.217 e. The molecule has 5 nitrogen and oxygen atoms in total. The lowest BCUT2D eigenvalue weighted by Crippen LogP contribution is -2.44. The number of carbonyl (C=O) groups excluding carboxylic acids is 1. The van der Waals surface area contributed by atoms with Gasteiger partial charge in [-0.3, -0.25) is 4.79 Å². The molecule has 2 heterocycles. The molecule has 0 unspecified atom stereocenters. The Balaban J connectivity index is 2.03. The van der Waals surface area contributed by atoms with E-state index in [1.54, 1.807) is 13.1 Å². The van der Waals surface area contributed by atoms with Crippen molar-refractivity contribution in [3.8, 4) is 0 Å². The van der Waals surface area contributed by atoms with Gasteiger partial charge in [0, 0.05) is 43.9 Å². The molecule has 104 valence electrons. The maximum absolute atomic E-state index is 11.1. The Morgan fingerprint density at radius 1 is 1.53 bits per heavy atom. The molecule has 0 aromatic carbocycles. The van der Waals surface area contributed by atoms with E-state index in [-0.39, 0.29) is 18.0 Å². The van der Waals surface area contributed by atoms with Gasteiger partial charge in [0.05, 0.1) is 0 Å². The first-order valence-electron chi connectivity index (χ1n) is 6.80. The Morgan fingerprint density at radius 3 is 2.79 bits per heavy atom. The third-order valence-electron chi connectivity index (χ3n) is 3.51. The van der Waals surface area contributed by atoms with E-state index in [9.17, 15) is 4.79 Å². The van der Waals surface area contributed by atoms with E-state index in [0.717, 1.165) is 37.3 Å². The summed E-state index contributed by atoms with van der Waals surface area (Å²) < 4.78 is 0. The highest BCUT2D eigenvalue weighted by Crippen LogP contribution is 2.25. The van der Waals surface area contributed by atoms with Crippen molar-refractivity contribution in [2.75, 3.05) is 18.0 Å². The summed E-state index contributed by atoms with van der Waals surface area (Å²) in [6, 6.07) is 4.23. The van der Waals surface area contributed by atoms with Gasteiger partial charge in [0.15, 0.2) is 0 Å². The molecular weight excluding hydrogens is 240 g/mol. The normalized spacial score (nSPS) is 18.2. The molecule has 0 radical (unpaired) electrons. The second-order valence-corrected chi connectivity index (χ2v) is 5.17. The average molecular weight is 262 g/mol. The van der Waals surface area contributed by atoms with E-state index in [0.29, 0.717) is 0 Å². The monoisotopic (exact) mass is 262 g/mol. The number of anilines is 1. The van der Waals surface area contributed by atoms with E-state index >= 15 is 0 Å². The summed E-state index contributed by atoms with van der Waals surface area (Å²) in [4.78, 5) is 17.8. The Kier molecular flexibility index (Phi) is 4.37. The first kappa shape index (κ1) is 13.8. The Bertz CT molecular complexity index is 439. The predicted octanol–water partition coefficient (Wildman–Crippen LogP) is 1.21. The lowest BCUT2D eigenvalue weighted by Gasteiger charge is -2.34. The topological polar surface area (TPSA) is 71.2 Å². The second-order valence-electron chi connectivity index (χ2n) is 5.17. The Morgan fingerprint density at radius 2 is 2.21 bits per heavy atom. The fourth-order valence-corrected chi connectivity index (χ4v) is 2.55. The highest BCUT2D eigenvalue weighted by molar-refractivity contribution is 5.73. The minimum Gasteiger partial charge on any atom is -0.356 e. The van der Waals surface area contributed by atoms with Crippen LogP contribution in [0.2, 0.25) is 0 Å². The highest BCUT2D eigenvalue weighted by Gasteiger charge is 2.22. The minimum absolute atomic E-state index is 0.0169. The zero-order valence-corrected chi connectivity index (χ0v) is 11.6. The number of rotatable bonds is 3.